The molecular weight excluding hydrogens is 417 g/mol. The van der Waals surface area contributed by atoms with Crippen molar-refractivity contribution in [3.8, 4) is 5.75 Å². The van der Waals surface area contributed by atoms with E-state index in [1.807, 2.05) is 0 Å². The molecule has 2 amide bonds. The number of pyridine rings is 1. The van der Waals surface area contributed by atoms with Crippen LogP contribution in [0.15, 0.2) is 29.2 Å². The number of rotatable bonds is 3. The van der Waals surface area contributed by atoms with E-state index in [-0.39, 0.29) is 42.1 Å². The molecule has 1 aromatic heterocycles. The van der Waals surface area contributed by atoms with Gasteiger partial charge in [0.25, 0.3) is 11.8 Å². The molecule has 3 aliphatic rings. The highest BCUT2D eigenvalue weighted by Gasteiger charge is 2.50. The van der Waals surface area contributed by atoms with E-state index in [0.29, 0.717) is 5.92 Å². The number of carbonyl (C=O) groups is 2. The van der Waals surface area contributed by atoms with Crippen LogP contribution in [0.3, 0.4) is 0 Å². The second-order valence-corrected chi connectivity index (χ2v) is 8.94. The Kier molecular flexibility index (Phi) is 4.81. The van der Waals surface area contributed by atoms with Crippen molar-refractivity contribution in [3.63, 3.8) is 0 Å². The van der Waals surface area contributed by atoms with Crippen LogP contribution < -0.4 is 10.7 Å². The Hall–Kier alpha value is -3.20. The molecule has 2 fully saturated rings. The predicted octanol–water partition coefficient (Wildman–Crippen LogP) is 1.91. The van der Waals surface area contributed by atoms with Gasteiger partial charge < -0.3 is 24.6 Å². The molecular formula is C23H24FN3O5. The van der Waals surface area contributed by atoms with E-state index in [1.54, 1.807) is 24.0 Å². The zero-order valence-corrected chi connectivity index (χ0v) is 17.8. The highest BCUT2D eigenvalue weighted by molar-refractivity contribution is 5.99. The minimum absolute atomic E-state index is 0.0110. The normalized spacial score (nSPS) is 26.0. The first kappa shape index (κ1) is 20.7. The number of nitrogens with zero attached hydrogens (tertiary/aromatic N) is 2. The lowest BCUT2D eigenvalue weighted by Crippen LogP contribution is -2.57. The first-order valence-corrected chi connectivity index (χ1v) is 10.7. The number of hydrogen-bond acceptors (Lipinski definition) is 5. The summed E-state index contributed by atoms with van der Waals surface area (Å²) >= 11 is 0. The summed E-state index contributed by atoms with van der Waals surface area (Å²) in [6.07, 6.45) is 2.38. The Balaban J connectivity index is 1.43. The summed E-state index contributed by atoms with van der Waals surface area (Å²) in [5.41, 5.74) is -0.346. The van der Waals surface area contributed by atoms with Crippen LogP contribution in [-0.2, 0) is 17.8 Å². The fraction of sp³-hybridized carbons (Fsp3) is 0.435. The van der Waals surface area contributed by atoms with E-state index >= 15 is 0 Å². The largest absolute Gasteiger partial charge is 0.503 e. The van der Waals surface area contributed by atoms with E-state index in [0.717, 1.165) is 18.4 Å². The number of amides is 2. The average molecular weight is 441 g/mol. The zero-order valence-electron chi connectivity index (χ0n) is 17.8. The maximum absolute atomic E-state index is 14.1. The maximum atomic E-state index is 14.1. The van der Waals surface area contributed by atoms with Crippen LogP contribution in [0.4, 0.5) is 4.39 Å². The number of aromatic nitrogens is 1. The van der Waals surface area contributed by atoms with Gasteiger partial charge in [0, 0.05) is 24.3 Å². The maximum Gasteiger partial charge on any atom is 0.276 e. The molecule has 9 heteroatoms. The van der Waals surface area contributed by atoms with Crippen LogP contribution in [0, 0.1) is 18.7 Å². The summed E-state index contributed by atoms with van der Waals surface area (Å²) in [6.45, 7) is 3.93. The highest BCUT2D eigenvalue weighted by atomic mass is 19.1. The number of hydrogen-bond donors (Lipinski definition) is 2. The zero-order chi connectivity index (χ0) is 22.7. The third-order valence-electron chi connectivity index (χ3n) is 6.76. The van der Waals surface area contributed by atoms with Gasteiger partial charge in [-0.25, -0.2) is 4.39 Å². The SMILES string of the molecule is Cc1ccc(CNC(=O)c2cn3c(c(O)c2=O)C(=O)N2[C@H]4CC(C)[C@H](C4)O[C@H]2C3)c(F)c1. The molecule has 2 aromatic rings. The van der Waals surface area contributed by atoms with Gasteiger partial charge in [-0.2, -0.15) is 0 Å². The molecule has 0 spiro atoms. The smallest absolute Gasteiger partial charge is 0.276 e. The van der Waals surface area contributed by atoms with Crippen molar-refractivity contribution in [2.24, 2.45) is 5.92 Å². The molecule has 4 atom stereocenters. The molecule has 32 heavy (non-hydrogen) atoms. The molecule has 168 valence electrons. The summed E-state index contributed by atoms with van der Waals surface area (Å²) in [5.74, 6) is -2.12. The summed E-state index contributed by atoms with van der Waals surface area (Å²) in [5, 5.41) is 13.1. The number of halogens is 1. The summed E-state index contributed by atoms with van der Waals surface area (Å²) in [6, 6.07) is 4.65. The van der Waals surface area contributed by atoms with Crippen molar-refractivity contribution in [3.05, 3.63) is 62.8 Å². The Morgan fingerprint density at radius 3 is 2.84 bits per heavy atom. The Morgan fingerprint density at radius 2 is 2.09 bits per heavy atom. The van der Waals surface area contributed by atoms with Gasteiger partial charge in [0.2, 0.25) is 5.43 Å². The van der Waals surface area contributed by atoms with E-state index < -0.39 is 35.0 Å². The van der Waals surface area contributed by atoms with Gasteiger partial charge >= 0.3 is 0 Å². The minimum atomic E-state index is -0.930. The van der Waals surface area contributed by atoms with Crippen molar-refractivity contribution < 1.29 is 23.8 Å². The molecule has 5 rings (SSSR count). The molecule has 1 aromatic carbocycles. The standard InChI is InChI=1S/C23H24FN3O5/c1-11-3-4-13(16(24)5-11)8-25-22(30)15-9-26-10-18-27(14-6-12(2)17(7-14)32-18)23(31)19(26)21(29)20(15)28/h3-5,9,12,14,17-18,29H,6-8,10H2,1-2H3,(H,25,30)/t12?,14-,17-,18-/m0/s1. The second-order valence-electron chi connectivity index (χ2n) is 8.94. The molecule has 1 unspecified atom stereocenters. The quantitative estimate of drug-likeness (QED) is 0.758. The Morgan fingerprint density at radius 1 is 1.31 bits per heavy atom. The Labute approximate surface area is 183 Å². The predicted molar refractivity (Wildman–Crippen MR) is 112 cm³/mol. The summed E-state index contributed by atoms with van der Waals surface area (Å²) in [7, 11) is 0. The van der Waals surface area contributed by atoms with Crippen molar-refractivity contribution in [1.29, 1.82) is 0 Å². The third-order valence-corrected chi connectivity index (χ3v) is 6.76. The minimum Gasteiger partial charge on any atom is -0.503 e. The molecule has 1 saturated heterocycles. The lowest BCUT2D eigenvalue weighted by Gasteiger charge is -2.44. The van der Waals surface area contributed by atoms with Gasteiger partial charge in [-0.05, 0) is 37.3 Å². The Bertz CT molecular complexity index is 1190. The van der Waals surface area contributed by atoms with Crippen molar-refractivity contribution in [2.45, 2.75) is 58.2 Å². The second kappa shape index (κ2) is 7.44. The lowest BCUT2D eigenvalue weighted by molar-refractivity contribution is -0.138. The topological polar surface area (TPSA) is 101 Å². The first-order valence-electron chi connectivity index (χ1n) is 10.7. The van der Waals surface area contributed by atoms with Crippen LogP contribution in [0.1, 0.15) is 51.7 Å². The van der Waals surface area contributed by atoms with E-state index in [4.69, 9.17) is 4.74 Å². The number of fused-ring (bicyclic) bond motifs is 5. The van der Waals surface area contributed by atoms with E-state index in [9.17, 15) is 23.9 Å². The van der Waals surface area contributed by atoms with Crippen LogP contribution in [0.25, 0.3) is 0 Å². The lowest BCUT2D eigenvalue weighted by atomic mass is 10.1. The molecule has 1 aliphatic carbocycles. The van der Waals surface area contributed by atoms with Gasteiger partial charge in [-0.3, -0.25) is 14.4 Å². The highest BCUT2D eigenvalue weighted by Crippen LogP contribution is 2.41. The van der Waals surface area contributed by atoms with Crippen molar-refractivity contribution in [2.75, 3.05) is 0 Å². The third kappa shape index (κ3) is 3.19. The molecule has 1 saturated carbocycles. The van der Waals surface area contributed by atoms with Crippen molar-refractivity contribution in [1.82, 2.24) is 14.8 Å². The molecule has 2 aliphatic heterocycles. The number of benzene rings is 1. The van der Waals surface area contributed by atoms with Crippen LogP contribution in [-0.4, -0.2) is 44.8 Å². The van der Waals surface area contributed by atoms with Gasteiger partial charge in [0.1, 0.15) is 11.4 Å². The number of aryl methyl sites for hydroxylation is 1. The van der Waals surface area contributed by atoms with Crippen LogP contribution in [0.2, 0.25) is 0 Å². The van der Waals surface area contributed by atoms with E-state index in [2.05, 4.69) is 12.2 Å². The monoisotopic (exact) mass is 441 g/mol. The average Bonchev–Trinajstić information content (AvgIpc) is 3.03. The van der Waals surface area contributed by atoms with Crippen LogP contribution >= 0.6 is 0 Å². The van der Waals surface area contributed by atoms with Gasteiger partial charge in [-0.1, -0.05) is 19.1 Å². The fourth-order valence-corrected chi connectivity index (χ4v) is 5.06. The number of carbonyl (C=O) groups excluding carboxylic acids is 2. The summed E-state index contributed by atoms with van der Waals surface area (Å²) < 4.78 is 21.6. The molecule has 3 heterocycles. The molecule has 2 bridgehead atoms. The van der Waals surface area contributed by atoms with Gasteiger partial charge in [0.05, 0.1) is 12.6 Å². The van der Waals surface area contributed by atoms with E-state index in [1.165, 1.54) is 16.8 Å². The number of aromatic hydroxyl groups is 1. The molecule has 2 N–H and O–H groups in total. The number of nitrogens with one attached hydrogen (secondary N) is 1. The molecule has 0 radical (unpaired) electrons. The van der Waals surface area contributed by atoms with Gasteiger partial charge in [0.15, 0.2) is 17.7 Å². The van der Waals surface area contributed by atoms with Crippen molar-refractivity contribution >= 4 is 11.8 Å². The molecule has 8 nitrogen and oxygen atoms in total. The summed E-state index contributed by atoms with van der Waals surface area (Å²) in [4.78, 5) is 40.2. The number of ether oxygens (including phenoxy) is 1. The fourth-order valence-electron chi connectivity index (χ4n) is 5.06. The van der Waals surface area contributed by atoms with Crippen LogP contribution in [0.5, 0.6) is 5.75 Å². The first-order chi connectivity index (χ1) is 15.2. The van der Waals surface area contributed by atoms with Gasteiger partial charge in [-0.15, -0.1) is 0 Å².